The zero-order valence-corrected chi connectivity index (χ0v) is 13.9. The number of piperidine rings is 1. The van der Waals surface area contributed by atoms with Crippen molar-refractivity contribution in [3.63, 3.8) is 0 Å². The van der Waals surface area contributed by atoms with Crippen molar-refractivity contribution < 1.29 is 4.74 Å². The standard InChI is InChI=1S/C19H25N3O/c1-15(2)22-12-10-18(11-13-22)23-19-9-8-17(14-20-19)21-16-6-4-3-5-7-16/h3-9,14-15,18,21H,10-13H2,1-2H3. The van der Waals surface area contributed by atoms with Crippen molar-refractivity contribution in [3.8, 4) is 5.88 Å². The van der Waals surface area contributed by atoms with Gasteiger partial charge in [-0.1, -0.05) is 18.2 Å². The van der Waals surface area contributed by atoms with Gasteiger partial charge in [0, 0.05) is 30.9 Å². The number of likely N-dealkylation sites (tertiary alicyclic amines) is 1. The highest BCUT2D eigenvalue weighted by Crippen LogP contribution is 2.21. The summed E-state index contributed by atoms with van der Waals surface area (Å²) in [6.45, 7) is 6.72. The van der Waals surface area contributed by atoms with Gasteiger partial charge in [0.25, 0.3) is 0 Å². The lowest BCUT2D eigenvalue weighted by Crippen LogP contribution is -2.41. The Kier molecular flexibility index (Phi) is 5.13. The van der Waals surface area contributed by atoms with Gasteiger partial charge in [0.1, 0.15) is 6.10 Å². The van der Waals surface area contributed by atoms with Crippen LogP contribution in [-0.4, -0.2) is 35.1 Å². The fourth-order valence-corrected chi connectivity index (χ4v) is 2.89. The number of hydrogen-bond donors (Lipinski definition) is 1. The summed E-state index contributed by atoms with van der Waals surface area (Å²) in [5.74, 6) is 0.714. The highest BCUT2D eigenvalue weighted by atomic mass is 16.5. The summed E-state index contributed by atoms with van der Waals surface area (Å²) >= 11 is 0. The number of rotatable bonds is 5. The molecule has 0 saturated carbocycles. The number of nitrogens with zero attached hydrogens (tertiary/aromatic N) is 2. The molecular weight excluding hydrogens is 286 g/mol. The largest absolute Gasteiger partial charge is 0.474 e. The number of nitrogens with one attached hydrogen (secondary N) is 1. The van der Waals surface area contributed by atoms with E-state index < -0.39 is 0 Å². The highest BCUT2D eigenvalue weighted by Gasteiger charge is 2.22. The third-order valence-electron chi connectivity index (χ3n) is 4.29. The zero-order valence-electron chi connectivity index (χ0n) is 13.9. The van der Waals surface area contributed by atoms with Gasteiger partial charge in [-0.3, -0.25) is 0 Å². The molecule has 0 unspecified atom stereocenters. The van der Waals surface area contributed by atoms with Crippen LogP contribution in [0.25, 0.3) is 0 Å². The fraction of sp³-hybridized carbons (Fsp3) is 0.421. The van der Waals surface area contributed by atoms with Gasteiger partial charge in [0.2, 0.25) is 5.88 Å². The number of para-hydroxylation sites is 1. The van der Waals surface area contributed by atoms with E-state index in [1.165, 1.54) is 0 Å². The third-order valence-corrected chi connectivity index (χ3v) is 4.29. The lowest BCUT2D eigenvalue weighted by molar-refractivity contribution is 0.0813. The van der Waals surface area contributed by atoms with E-state index in [0.717, 1.165) is 37.3 Å². The predicted octanol–water partition coefficient (Wildman–Crippen LogP) is 4.08. The Morgan fingerprint density at radius 1 is 1.04 bits per heavy atom. The number of pyridine rings is 1. The summed E-state index contributed by atoms with van der Waals surface area (Å²) in [7, 11) is 0. The molecule has 1 fully saturated rings. The SMILES string of the molecule is CC(C)N1CCC(Oc2ccc(Nc3ccccc3)cn2)CC1. The van der Waals surface area contributed by atoms with Gasteiger partial charge < -0.3 is 15.0 Å². The predicted molar refractivity (Wildman–Crippen MR) is 94.3 cm³/mol. The molecule has 2 aromatic rings. The van der Waals surface area contributed by atoms with Crippen LogP contribution in [0, 0.1) is 0 Å². The molecule has 0 radical (unpaired) electrons. The molecule has 1 saturated heterocycles. The molecule has 1 aromatic carbocycles. The average Bonchev–Trinajstić information content (AvgIpc) is 2.58. The van der Waals surface area contributed by atoms with E-state index in [1.807, 2.05) is 48.7 Å². The first kappa shape index (κ1) is 15.8. The van der Waals surface area contributed by atoms with Gasteiger partial charge in [-0.15, -0.1) is 0 Å². The van der Waals surface area contributed by atoms with Crippen LogP contribution in [0.3, 0.4) is 0 Å². The van der Waals surface area contributed by atoms with Crippen LogP contribution in [-0.2, 0) is 0 Å². The van der Waals surface area contributed by atoms with E-state index in [9.17, 15) is 0 Å². The van der Waals surface area contributed by atoms with Gasteiger partial charge in [0.15, 0.2) is 0 Å². The Bertz CT molecular complexity index is 590. The molecule has 0 aliphatic carbocycles. The molecule has 122 valence electrons. The molecule has 0 atom stereocenters. The summed E-state index contributed by atoms with van der Waals surface area (Å²) in [4.78, 5) is 6.92. The minimum Gasteiger partial charge on any atom is -0.474 e. The van der Waals surface area contributed by atoms with Crippen molar-refractivity contribution in [2.24, 2.45) is 0 Å². The van der Waals surface area contributed by atoms with Gasteiger partial charge in [-0.2, -0.15) is 0 Å². The Labute approximate surface area is 138 Å². The first-order chi connectivity index (χ1) is 11.2. The maximum absolute atomic E-state index is 6.02. The van der Waals surface area contributed by atoms with Crippen LogP contribution in [0.1, 0.15) is 26.7 Å². The summed E-state index contributed by atoms with van der Waals surface area (Å²) in [5.41, 5.74) is 2.03. The third kappa shape index (κ3) is 4.45. The van der Waals surface area contributed by atoms with E-state index in [-0.39, 0.29) is 6.10 Å². The maximum atomic E-state index is 6.02. The van der Waals surface area contributed by atoms with E-state index in [2.05, 4.69) is 29.0 Å². The normalized spacial score (nSPS) is 16.5. The van der Waals surface area contributed by atoms with Gasteiger partial charge in [-0.25, -0.2) is 4.98 Å². The summed E-state index contributed by atoms with van der Waals surface area (Å²) in [6, 6.07) is 14.7. The quantitative estimate of drug-likeness (QED) is 0.903. The van der Waals surface area contributed by atoms with Crippen LogP contribution in [0.4, 0.5) is 11.4 Å². The number of benzene rings is 1. The molecule has 23 heavy (non-hydrogen) atoms. The van der Waals surface area contributed by atoms with Crippen LogP contribution in [0.2, 0.25) is 0 Å². The molecule has 3 rings (SSSR count). The molecule has 2 heterocycles. The van der Waals surface area contributed by atoms with Crippen LogP contribution < -0.4 is 10.1 Å². The molecule has 1 aliphatic heterocycles. The summed E-state index contributed by atoms with van der Waals surface area (Å²) in [5, 5.41) is 3.33. The van der Waals surface area contributed by atoms with Crippen LogP contribution >= 0.6 is 0 Å². The fourth-order valence-electron chi connectivity index (χ4n) is 2.89. The molecule has 1 aromatic heterocycles. The summed E-state index contributed by atoms with van der Waals surface area (Å²) in [6.07, 6.45) is 4.25. The molecule has 0 spiro atoms. The van der Waals surface area contributed by atoms with Gasteiger partial charge in [0.05, 0.1) is 11.9 Å². The Hall–Kier alpha value is -2.07. The highest BCUT2D eigenvalue weighted by molar-refractivity contribution is 5.58. The van der Waals surface area contributed by atoms with Gasteiger partial charge in [-0.05, 0) is 44.9 Å². The second-order valence-electron chi connectivity index (χ2n) is 6.32. The van der Waals surface area contributed by atoms with Gasteiger partial charge >= 0.3 is 0 Å². The van der Waals surface area contributed by atoms with Crippen molar-refractivity contribution in [3.05, 3.63) is 48.7 Å². The van der Waals surface area contributed by atoms with Crippen molar-refractivity contribution in [2.75, 3.05) is 18.4 Å². The molecule has 1 N–H and O–H groups in total. The van der Waals surface area contributed by atoms with Crippen LogP contribution in [0.5, 0.6) is 5.88 Å². The minimum absolute atomic E-state index is 0.283. The molecular formula is C19H25N3O. The zero-order chi connectivity index (χ0) is 16.1. The van der Waals surface area contributed by atoms with Crippen molar-refractivity contribution >= 4 is 11.4 Å². The minimum atomic E-state index is 0.283. The van der Waals surface area contributed by atoms with Crippen molar-refractivity contribution in [2.45, 2.75) is 38.8 Å². The lowest BCUT2D eigenvalue weighted by atomic mass is 10.1. The van der Waals surface area contributed by atoms with Crippen LogP contribution in [0.15, 0.2) is 48.7 Å². The number of ether oxygens (including phenoxy) is 1. The Morgan fingerprint density at radius 2 is 1.78 bits per heavy atom. The van der Waals surface area contributed by atoms with E-state index in [4.69, 9.17) is 4.74 Å². The molecule has 0 bridgehead atoms. The van der Waals surface area contributed by atoms with E-state index >= 15 is 0 Å². The molecule has 1 aliphatic rings. The van der Waals surface area contributed by atoms with E-state index in [0.29, 0.717) is 11.9 Å². The van der Waals surface area contributed by atoms with Crippen molar-refractivity contribution in [1.82, 2.24) is 9.88 Å². The molecule has 4 nitrogen and oxygen atoms in total. The molecule has 0 amide bonds. The smallest absolute Gasteiger partial charge is 0.213 e. The second-order valence-corrected chi connectivity index (χ2v) is 6.32. The molecule has 4 heteroatoms. The Balaban J connectivity index is 1.52. The number of anilines is 2. The first-order valence-electron chi connectivity index (χ1n) is 8.39. The maximum Gasteiger partial charge on any atom is 0.213 e. The Morgan fingerprint density at radius 3 is 2.39 bits per heavy atom. The number of hydrogen-bond acceptors (Lipinski definition) is 4. The lowest BCUT2D eigenvalue weighted by Gasteiger charge is -2.34. The first-order valence-corrected chi connectivity index (χ1v) is 8.39. The van der Waals surface area contributed by atoms with E-state index in [1.54, 1.807) is 0 Å². The summed E-state index contributed by atoms with van der Waals surface area (Å²) < 4.78 is 6.02. The number of aromatic nitrogens is 1. The average molecular weight is 311 g/mol. The monoisotopic (exact) mass is 311 g/mol. The second kappa shape index (κ2) is 7.47. The van der Waals surface area contributed by atoms with Crippen molar-refractivity contribution in [1.29, 1.82) is 0 Å². The topological polar surface area (TPSA) is 37.4 Å².